The highest BCUT2D eigenvalue weighted by atomic mass is 16.4. The Hall–Kier alpha value is -7.95. The van der Waals surface area contributed by atoms with Crippen molar-refractivity contribution in [2.45, 2.75) is 148 Å². The Morgan fingerprint density at radius 1 is 0.558 bits per heavy atom. The number of carboxylic acids is 2. The lowest BCUT2D eigenvalue weighted by atomic mass is 10.00. The summed E-state index contributed by atoms with van der Waals surface area (Å²) < 4.78 is 0. The van der Waals surface area contributed by atoms with Gasteiger partial charge in [-0.1, -0.05) is 71.9 Å². The number of aliphatic imine (C=N–C) groups is 1. The third-order valence-electron chi connectivity index (χ3n) is 11.2. The van der Waals surface area contributed by atoms with Crippen LogP contribution in [0.2, 0.25) is 0 Å². The van der Waals surface area contributed by atoms with Gasteiger partial charge in [-0.15, -0.1) is 0 Å². The molecule has 0 aliphatic carbocycles. The van der Waals surface area contributed by atoms with Crippen molar-refractivity contribution in [3.05, 3.63) is 35.9 Å². The third kappa shape index (κ3) is 26.4. The van der Waals surface area contributed by atoms with E-state index in [-0.39, 0.29) is 56.4 Å². The number of carbonyl (C=O) groups excluding carboxylic acids is 10. The Labute approximate surface area is 445 Å². The Morgan fingerprint density at radius 2 is 1.06 bits per heavy atom. The second kappa shape index (κ2) is 33.9. The summed E-state index contributed by atoms with van der Waals surface area (Å²) in [6.45, 7) is 9.67. The first-order chi connectivity index (χ1) is 35.9. The molecule has 0 radical (unpaired) electrons. The van der Waals surface area contributed by atoms with Crippen LogP contribution in [0, 0.1) is 17.8 Å². The fourth-order valence-corrected chi connectivity index (χ4v) is 7.19. The summed E-state index contributed by atoms with van der Waals surface area (Å²) in [7, 11) is 0. The lowest BCUT2D eigenvalue weighted by molar-refractivity contribution is -0.143. The number of rotatable bonds is 35. The molecule has 1 aromatic rings. The van der Waals surface area contributed by atoms with Crippen molar-refractivity contribution in [2.75, 3.05) is 19.7 Å². The number of nitrogens with one attached hydrogen (secondary N) is 9. The number of primary amides is 1. The molecule has 29 nitrogen and oxygen atoms in total. The van der Waals surface area contributed by atoms with Crippen molar-refractivity contribution in [1.82, 2.24) is 47.9 Å². The number of hydrogen-bond acceptors (Lipinski definition) is 15. The number of hydrogen-bond donors (Lipinski definition) is 16. The van der Waals surface area contributed by atoms with E-state index in [1.807, 2.05) is 0 Å². The fraction of sp³-hybridized carbons (Fsp3) is 0.604. The maximum absolute atomic E-state index is 14.2. The van der Waals surface area contributed by atoms with Crippen molar-refractivity contribution < 1.29 is 72.9 Å². The van der Waals surface area contributed by atoms with Gasteiger partial charge in [0.2, 0.25) is 59.1 Å². The molecule has 0 aliphatic rings. The van der Waals surface area contributed by atoms with Crippen LogP contribution in [0.5, 0.6) is 0 Å². The molecule has 0 fully saturated rings. The van der Waals surface area contributed by atoms with Gasteiger partial charge in [0.05, 0.1) is 26.0 Å². The highest BCUT2D eigenvalue weighted by Crippen LogP contribution is 2.11. The molecule has 9 atom stereocenters. The lowest BCUT2D eigenvalue weighted by Crippen LogP contribution is -2.60. The number of nitrogens with two attached hydrogens (primary N) is 4. The highest BCUT2D eigenvalue weighted by molar-refractivity contribution is 5.99. The van der Waals surface area contributed by atoms with Crippen molar-refractivity contribution in [3.63, 3.8) is 0 Å². The zero-order valence-electron chi connectivity index (χ0n) is 44.4. The molecule has 10 amide bonds. The Bertz CT molecular complexity index is 2240. The minimum absolute atomic E-state index is 0.0111. The topological polar surface area (TPSA) is 490 Å². The maximum atomic E-state index is 14.2. The Morgan fingerprint density at radius 3 is 1.60 bits per heavy atom. The van der Waals surface area contributed by atoms with Gasteiger partial charge in [0.1, 0.15) is 54.4 Å². The predicted octanol–water partition coefficient (Wildman–Crippen LogP) is -5.20. The van der Waals surface area contributed by atoms with Gasteiger partial charge in [-0.05, 0) is 55.9 Å². The summed E-state index contributed by atoms with van der Waals surface area (Å²) >= 11 is 0. The first-order valence-corrected chi connectivity index (χ1v) is 24.8. The molecule has 430 valence electrons. The molecule has 1 aromatic carbocycles. The average Bonchev–Trinajstić information content (AvgIpc) is 3.33. The molecule has 77 heavy (non-hydrogen) atoms. The van der Waals surface area contributed by atoms with E-state index in [1.54, 1.807) is 58.0 Å². The fourth-order valence-electron chi connectivity index (χ4n) is 7.19. The van der Waals surface area contributed by atoms with E-state index in [0.717, 1.165) is 0 Å². The molecule has 0 saturated heterocycles. The maximum Gasteiger partial charge on any atom is 0.326 e. The van der Waals surface area contributed by atoms with Crippen molar-refractivity contribution in [2.24, 2.45) is 45.7 Å². The van der Waals surface area contributed by atoms with Crippen LogP contribution >= 0.6 is 0 Å². The molecule has 0 heterocycles. The molecule has 0 unspecified atom stereocenters. The summed E-state index contributed by atoms with van der Waals surface area (Å²) in [5.41, 5.74) is 22.3. The standard InChI is InChI=1S/C48H78N14O15/c1-23(2)16-30(42(71)61-34(47(76)77)17-24(3)4)60-44(73)32(19-35(50)64)56-36(65)21-54-41(70)29(14-11-15-53-48(51)52)57-43(72)31(18-27-12-9-8-10-13-27)58-39(68)26(7)55-46(75)38(25(5)6)62-45(74)33(20-37(66)67)59-40(69)28(49)22-63/h8-10,12-13,23-26,28-34,38,63H,11,14-22,49H2,1-7H3,(H2,50,64)(H,54,70)(H,55,75)(H,56,65)(H,57,72)(H,58,68)(H,59,69)(H,60,73)(H,61,71)(H,62,74)(H,66,67)(H,76,77)(H4,51,52,53)/t26-,28-,29-,30-,31-,32-,33-,34-,38-/m0/s1. The van der Waals surface area contributed by atoms with Crippen LogP contribution < -0.4 is 70.8 Å². The van der Waals surface area contributed by atoms with Crippen molar-refractivity contribution >= 4 is 77.0 Å². The van der Waals surface area contributed by atoms with E-state index in [1.165, 1.54) is 20.8 Å². The van der Waals surface area contributed by atoms with Gasteiger partial charge in [0, 0.05) is 13.0 Å². The summed E-state index contributed by atoms with van der Waals surface area (Å²) in [5.74, 6) is -13.7. The summed E-state index contributed by atoms with van der Waals surface area (Å²) in [6, 6.07) is -4.79. The first kappa shape index (κ1) is 67.1. The van der Waals surface area contributed by atoms with Crippen molar-refractivity contribution in [3.8, 4) is 0 Å². The SMILES string of the molecule is CC(C)C[C@H](NC(=O)[C@H](CC(C)C)NC(=O)[C@H](CC(N)=O)NC(=O)CNC(=O)[C@H](CCCN=C(N)N)NC(=O)[C@H](Cc1ccccc1)NC(=O)[C@H](C)NC(=O)[C@@H](NC(=O)[C@H](CC(=O)O)NC(=O)[C@@H](N)CO)C(C)C)C(=O)O. The molecular formula is C48H78N14O15. The van der Waals surface area contributed by atoms with Gasteiger partial charge in [-0.3, -0.25) is 57.7 Å². The van der Waals surface area contributed by atoms with E-state index < -0.39 is 157 Å². The molecule has 1 rings (SSSR count). The molecule has 0 spiro atoms. The van der Waals surface area contributed by atoms with Crippen LogP contribution in [-0.4, -0.2) is 166 Å². The highest BCUT2D eigenvalue weighted by Gasteiger charge is 2.35. The summed E-state index contributed by atoms with van der Waals surface area (Å²) in [4.78, 5) is 160. The van der Waals surface area contributed by atoms with Gasteiger partial charge < -0.3 is 86.1 Å². The number of aliphatic hydroxyl groups is 1. The van der Waals surface area contributed by atoms with Crippen LogP contribution in [0.3, 0.4) is 0 Å². The van der Waals surface area contributed by atoms with E-state index in [9.17, 15) is 72.9 Å². The first-order valence-electron chi connectivity index (χ1n) is 24.8. The van der Waals surface area contributed by atoms with Gasteiger partial charge >= 0.3 is 11.9 Å². The average molecular weight is 1090 g/mol. The summed E-state index contributed by atoms with van der Waals surface area (Å²) in [5, 5.41) is 49.8. The number of aliphatic hydroxyl groups excluding tert-OH is 1. The number of carbonyl (C=O) groups is 12. The largest absolute Gasteiger partial charge is 0.481 e. The summed E-state index contributed by atoms with van der Waals surface area (Å²) in [6.07, 6.45) is -1.76. The van der Waals surface area contributed by atoms with Crippen molar-refractivity contribution in [1.29, 1.82) is 0 Å². The zero-order valence-corrected chi connectivity index (χ0v) is 44.4. The van der Waals surface area contributed by atoms with Crippen LogP contribution in [0.1, 0.15) is 92.6 Å². The number of benzene rings is 1. The lowest BCUT2D eigenvalue weighted by Gasteiger charge is -2.27. The second-order valence-electron chi connectivity index (χ2n) is 19.4. The normalized spacial score (nSPS) is 14.5. The van der Waals surface area contributed by atoms with E-state index in [2.05, 4.69) is 52.8 Å². The molecule has 0 aliphatic heterocycles. The Kier molecular flexibility index (Phi) is 29.5. The molecular weight excluding hydrogens is 1010 g/mol. The molecule has 0 aromatic heterocycles. The molecule has 0 saturated carbocycles. The van der Waals surface area contributed by atoms with Crippen LogP contribution in [-0.2, 0) is 64.0 Å². The van der Waals surface area contributed by atoms with E-state index >= 15 is 0 Å². The zero-order chi connectivity index (χ0) is 58.7. The number of nitrogens with zero attached hydrogens (tertiary/aromatic N) is 1. The quantitative estimate of drug-likeness (QED) is 0.0172. The molecule has 29 heteroatoms. The number of guanidine groups is 1. The Balaban J connectivity index is 3.37. The minimum Gasteiger partial charge on any atom is -0.481 e. The predicted molar refractivity (Wildman–Crippen MR) is 277 cm³/mol. The monoisotopic (exact) mass is 1090 g/mol. The van der Waals surface area contributed by atoms with Gasteiger partial charge in [-0.25, -0.2) is 4.79 Å². The second-order valence-corrected chi connectivity index (χ2v) is 19.4. The van der Waals surface area contributed by atoms with Crippen LogP contribution in [0.15, 0.2) is 35.3 Å². The van der Waals surface area contributed by atoms with Crippen LogP contribution in [0.4, 0.5) is 0 Å². The van der Waals surface area contributed by atoms with E-state index in [4.69, 9.17) is 22.9 Å². The van der Waals surface area contributed by atoms with E-state index in [0.29, 0.717) is 5.56 Å². The smallest absolute Gasteiger partial charge is 0.326 e. The molecule has 20 N–H and O–H groups in total. The van der Waals surface area contributed by atoms with Crippen LogP contribution in [0.25, 0.3) is 0 Å². The number of carboxylic acid groups (broad SMARTS) is 2. The minimum atomic E-state index is -1.72. The third-order valence-corrected chi connectivity index (χ3v) is 11.2. The molecule has 0 bridgehead atoms. The number of amides is 10. The van der Waals surface area contributed by atoms with Gasteiger partial charge in [-0.2, -0.15) is 0 Å². The van der Waals surface area contributed by atoms with Gasteiger partial charge in [0.15, 0.2) is 5.96 Å². The van der Waals surface area contributed by atoms with Gasteiger partial charge in [0.25, 0.3) is 0 Å². The number of aliphatic carboxylic acids is 2.